The largest absolute Gasteiger partial charge is 0.482 e. The van der Waals surface area contributed by atoms with E-state index < -0.39 is 5.97 Å². The minimum atomic E-state index is -0.619. The third-order valence-electron chi connectivity index (χ3n) is 3.36. The Balaban J connectivity index is 1.93. The summed E-state index contributed by atoms with van der Waals surface area (Å²) in [5.74, 6) is 0.151. The van der Waals surface area contributed by atoms with Gasteiger partial charge in [0.2, 0.25) is 0 Å². The zero-order chi connectivity index (χ0) is 16.8. The fourth-order valence-corrected chi connectivity index (χ4v) is 2.02. The van der Waals surface area contributed by atoms with E-state index in [-0.39, 0.29) is 12.4 Å². The zero-order valence-corrected chi connectivity index (χ0v) is 13.4. The number of pyridine rings is 1. The fourth-order valence-electron chi connectivity index (χ4n) is 2.02. The average molecular weight is 314 g/mol. The van der Waals surface area contributed by atoms with Crippen molar-refractivity contribution in [3.63, 3.8) is 0 Å². The number of H-pyrrole nitrogens is 1. The summed E-state index contributed by atoms with van der Waals surface area (Å²) in [7, 11) is 0. The van der Waals surface area contributed by atoms with E-state index in [2.05, 4.69) is 16.2 Å². The smallest absolute Gasteiger partial charge is 0.372 e. The number of ether oxygens (including phenoxy) is 1. The molecule has 0 spiro atoms. The molecule has 0 aliphatic rings. The van der Waals surface area contributed by atoms with E-state index in [0.717, 1.165) is 16.7 Å². The van der Waals surface area contributed by atoms with Crippen molar-refractivity contribution in [3.8, 4) is 5.75 Å². The van der Waals surface area contributed by atoms with Gasteiger partial charge < -0.3 is 15.3 Å². The molecule has 2 rings (SSSR count). The van der Waals surface area contributed by atoms with Gasteiger partial charge in [0.25, 0.3) is 0 Å². The molecule has 0 unspecified atom stereocenters. The molecule has 6 heteroatoms. The maximum atomic E-state index is 11.7. The second-order valence-electron chi connectivity index (χ2n) is 5.23. The van der Waals surface area contributed by atoms with Crippen molar-refractivity contribution in [1.29, 1.82) is 0 Å². The second-order valence-corrected chi connectivity index (χ2v) is 5.23. The number of aryl methyl sites for hydroxylation is 2. The Hall–Kier alpha value is -2.89. The van der Waals surface area contributed by atoms with E-state index in [4.69, 9.17) is 15.3 Å². The van der Waals surface area contributed by atoms with Gasteiger partial charge in [-0.25, -0.2) is 9.78 Å². The van der Waals surface area contributed by atoms with Gasteiger partial charge in [-0.2, -0.15) is 0 Å². The number of aromatic amines is 1. The summed E-state index contributed by atoms with van der Waals surface area (Å²) in [6.45, 7) is 5.67. The third-order valence-corrected chi connectivity index (χ3v) is 3.36. The first-order chi connectivity index (χ1) is 11.0. The monoisotopic (exact) mass is 314 g/mol. The van der Waals surface area contributed by atoms with Crippen molar-refractivity contribution in [1.82, 2.24) is 0 Å². The van der Waals surface area contributed by atoms with Gasteiger partial charge >= 0.3 is 5.97 Å². The molecule has 0 aliphatic carbocycles. The molecule has 1 aromatic carbocycles. The number of hydrogen-bond donors (Lipinski definition) is 1. The highest BCUT2D eigenvalue weighted by molar-refractivity contribution is 5.96. The van der Waals surface area contributed by atoms with Crippen LogP contribution in [-0.2, 0) is 9.63 Å². The van der Waals surface area contributed by atoms with Gasteiger partial charge in [0, 0.05) is 6.07 Å². The first-order valence-electron chi connectivity index (χ1n) is 7.18. The summed E-state index contributed by atoms with van der Waals surface area (Å²) in [6, 6.07) is 7.46. The Morgan fingerprint density at radius 2 is 2.09 bits per heavy atom. The van der Waals surface area contributed by atoms with Crippen molar-refractivity contribution < 1.29 is 19.4 Å². The van der Waals surface area contributed by atoms with Crippen molar-refractivity contribution in [2.75, 3.05) is 6.61 Å². The summed E-state index contributed by atoms with van der Waals surface area (Å²) in [5, 5.41) is 3.61. The molecule has 23 heavy (non-hydrogen) atoms. The lowest BCUT2D eigenvalue weighted by molar-refractivity contribution is -0.378. The number of hydrogen-bond acceptors (Lipinski definition) is 4. The summed E-state index contributed by atoms with van der Waals surface area (Å²) in [4.78, 5) is 19.3. The predicted octanol–water partition coefficient (Wildman–Crippen LogP) is 1.67. The van der Waals surface area contributed by atoms with Crippen LogP contribution >= 0.6 is 0 Å². The van der Waals surface area contributed by atoms with Crippen molar-refractivity contribution in [2.45, 2.75) is 20.8 Å². The molecule has 6 nitrogen and oxygen atoms in total. The molecule has 0 radical (unpaired) electrons. The van der Waals surface area contributed by atoms with Gasteiger partial charge in [-0.05, 0) is 49.6 Å². The Morgan fingerprint density at radius 3 is 2.78 bits per heavy atom. The van der Waals surface area contributed by atoms with E-state index in [1.165, 1.54) is 0 Å². The Kier molecular flexibility index (Phi) is 5.30. The van der Waals surface area contributed by atoms with E-state index >= 15 is 0 Å². The molecule has 2 aromatic rings. The van der Waals surface area contributed by atoms with Gasteiger partial charge in [-0.15, -0.1) is 0 Å². The molecular weight excluding hydrogens is 294 g/mol. The van der Waals surface area contributed by atoms with Crippen molar-refractivity contribution in [2.24, 2.45) is 10.9 Å². The van der Waals surface area contributed by atoms with E-state index in [0.29, 0.717) is 11.3 Å². The minimum Gasteiger partial charge on any atom is -0.482 e. The number of carbonyl (C=O) groups is 1. The molecule has 120 valence electrons. The Labute approximate surface area is 134 Å². The van der Waals surface area contributed by atoms with Gasteiger partial charge in [0.15, 0.2) is 24.8 Å². The zero-order valence-electron chi connectivity index (χ0n) is 13.4. The van der Waals surface area contributed by atoms with Gasteiger partial charge in [0.05, 0.1) is 5.56 Å². The highest BCUT2D eigenvalue weighted by Gasteiger charge is 2.09. The third kappa shape index (κ3) is 4.54. The highest BCUT2D eigenvalue weighted by Crippen LogP contribution is 2.23. The van der Waals surface area contributed by atoms with Crippen LogP contribution in [0.25, 0.3) is 0 Å². The average Bonchev–Trinajstić information content (AvgIpc) is 2.55. The molecule has 0 aliphatic heterocycles. The SMILES string of the molecule is Cc1cc(C)c(C)c(OCC(=O)ON=C(N)c2ccc[nH+]c2)c1. The minimum absolute atomic E-state index is 0.109. The predicted molar refractivity (Wildman–Crippen MR) is 86.0 cm³/mol. The molecule has 0 amide bonds. The van der Waals surface area contributed by atoms with Crippen LogP contribution in [0.4, 0.5) is 0 Å². The van der Waals surface area contributed by atoms with E-state index in [1.54, 1.807) is 24.5 Å². The molecule has 1 heterocycles. The Bertz CT molecular complexity index is 727. The number of nitrogens with two attached hydrogens (primary N) is 1. The number of oxime groups is 1. The molecular formula is C17H20N3O3+. The van der Waals surface area contributed by atoms with Crippen LogP contribution in [0.1, 0.15) is 22.3 Å². The molecule has 3 N–H and O–H groups in total. The lowest BCUT2D eigenvalue weighted by Gasteiger charge is -2.11. The maximum Gasteiger partial charge on any atom is 0.372 e. The molecule has 0 atom stereocenters. The van der Waals surface area contributed by atoms with Crippen LogP contribution < -0.4 is 15.5 Å². The highest BCUT2D eigenvalue weighted by atomic mass is 16.7. The van der Waals surface area contributed by atoms with Crippen LogP contribution in [0.3, 0.4) is 0 Å². The fraction of sp³-hybridized carbons (Fsp3) is 0.235. The molecule has 1 aromatic heterocycles. The van der Waals surface area contributed by atoms with Crippen LogP contribution in [0.5, 0.6) is 5.75 Å². The molecule has 0 fully saturated rings. The Morgan fingerprint density at radius 1 is 1.30 bits per heavy atom. The van der Waals surface area contributed by atoms with E-state index in [9.17, 15) is 4.79 Å². The van der Waals surface area contributed by atoms with Crippen LogP contribution in [0.15, 0.2) is 41.8 Å². The number of nitrogens with zero attached hydrogens (tertiary/aromatic N) is 1. The molecule has 0 bridgehead atoms. The van der Waals surface area contributed by atoms with Gasteiger partial charge in [-0.1, -0.05) is 11.2 Å². The number of benzene rings is 1. The lowest BCUT2D eigenvalue weighted by Crippen LogP contribution is -2.19. The summed E-state index contributed by atoms with van der Waals surface area (Å²) >= 11 is 0. The topological polar surface area (TPSA) is 88.0 Å². The van der Waals surface area contributed by atoms with Crippen molar-refractivity contribution >= 4 is 11.8 Å². The summed E-state index contributed by atoms with van der Waals surface area (Å²) in [6.07, 6.45) is 3.39. The van der Waals surface area contributed by atoms with Crippen LogP contribution in [0, 0.1) is 20.8 Å². The van der Waals surface area contributed by atoms with Crippen LogP contribution in [0.2, 0.25) is 0 Å². The van der Waals surface area contributed by atoms with Crippen LogP contribution in [-0.4, -0.2) is 18.4 Å². The number of rotatable bonds is 5. The number of amidine groups is 1. The standard InChI is InChI=1S/C17H19N3O3/c1-11-7-12(2)13(3)15(8-11)22-10-16(21)23-20-17(18)14-5-4-6-19-9-14/h4-9H,10H2,1-3H3,(H2,18,20)/p+1. The maximum absolute atomic E-state index is 11.7. The molecule has 0 saturated carbocycles. The quantitative estimate of drug-likeness (QED) is 0.393. The van der Waals surface area contributed by atoms with Crippen molar-refractivity contribution in [3.05, 3.63) is 58.9 Å². The van der Waals surface area contributed by atoms with E-state index in [1.807, 2.05) is 26.8 Å². The normalized spacial score (nSPS) is 11.2. The van der Waals surface area contributed by atoms with Gasteiger partial charge in [-0.3, -0.25) is 0 Å². The number of nitrogens with one attached hydrogen (secondary N) is 1. The number of aromatic nitrogens is 1. The first kappa shape index (κ1) is 16.5. The first-order valence-corrected chi connectivity index (χ1v) is 7.18. The lowest BCUT2D eigenvalue weighted by atomic mass is 10.1. The second kappa shape index (κ2) is 7.40. The summed E-state index contributed by atoms with van der Waals surface area (Å²) in [5.41, 5.74) is 9.53. The summed E-state index contributed by atoms with van der Waals surface area (Å²) < 4.78 is 5.51. The molecule has 0 saturated heterocycles. The van der Waals surface area contributed by atoms with Gasteiger partial charge in [0.1, 0.15) is 5.75 Å². The number of carbonyl (C=O) groups excluding carboxylic acids is 1.